The highest BCUT2D eigenvalue weighted by Gasteiger charge is 2.35. The quantitative estimate of drug-likeness (QED) is 0.678. The molecule has 5 heteroatoms. The fourth-order valence-corrected chi connectivity index (χ4v) is 3.88. The molecule has 3 aromatic rings. The Morgan fingerprint density at radius 2 is 2.00 bits per heavy atom. The number of rotatable bonds is 3. The van der Waals surface area contributed by atoms with Crippen LogP contribution in [0.1, 0.15) is 35.0 Å². The molecule has 0 radical (unpaired) electrons. The average molecular weight is 349 g/mol. The minimum absolute atomic E-state index is 0.144. The van der Waals surface area contributed by atoms with Crippen molar-refractivity contribution in [2.75, 3.05) is 25.1 Å². The number of aromatic nitrogens is 2. The van der Waals surface area contributed by atoms with Crippen LogP contribution in [0.2, 0.25) is 0 Å². The zero-order valence-electron chi connectivity index (χ0n) is 15.4. The molecule has 0 amide bonds. The number of aryl methyl sites for hydroxylation is 1. The van der Waals surface area contributed by atoms with Crippen LogP contribution < -0.4 is 4.90 Å². The number of esters is 1. The van der Waals surface area contributed by atoms with Crippen LogP contribution in [0.4, 0.5) is 5.69 Å². The lowest BCUT2D eigenvalue weighted by Gasteiger charge is -2.26. The highest BCUT2D eigenvalue weighted by molar-refractivity contribution is 5.89. The number of benzene rings is 1. The van der Waals surface area contributed by atoms with E-state index in [-0.39, 0.29) is 5.41 Å². The van der Waals surface area contributed by atoms with Gasteiger partial charge in [-0.3, -0.25) is 0 Å². The second kappa shape index (κ2) is 6.16. The third-order valence-corrected chi connectivity index (χ3v) is 5.46. The van der Waals surface area contributed by atoms with E-state index in [9.17, 15) is 4.79 Å². The Balaban J connectivity index is 1.66. The van der Waals surface area contributed by atoms with E-state index in [1.54, 1.807) is 10.6 Å². The number of hydrogen-bond donors (Lipinski definition) is 0. The predicted octanol–water partition coefficient (Wildman–Crippen LogP) is 3.60. The molecule has 1 aliphatic rings. The molecule has 5 nitrogen and oxygen atoms in total. The van der Waals surface area contributed by atoms with E-state index >= 15 is 0 Å². The van der Waals surface area contributed by atoms with Crippen molar-refractivity contribution in [1.82, 2.24) is 9.61 Å². The van der Waals surface area contributed by atoms with Crippen molar-refractivity contribution in [1.29, 1.82) is 0 Å². The number of carbonyl (C=O) groups excluding carboxylic acids is 1. The van der Waals surface area contributed by atoms with Crippen molar-refractivity contribution >= 4 is 17.2 Å². The van der Waals surface area contributed by atoms with Gasteiger partial charge in [-0.2, -0.15) is 5.10 Å². The number of nitrogens with zero attached hydrogens (tertiary/aromatic N) is 3. The summed E-state index contributed by atoms with van der Waals surface area (Å²) in [5.41, 5.74) is 5.02. The summed E-state index contributed by atoms with van der Waals surface area (Å²) >= 11 is 0. The molecule has 0 aliphatic carbocycles. The molecule has 0 N–H and O–H groups in total. The van der Waals surface area contributed by atoms with Crippen LogP contribution in [0.25, 0.3) is 5.52 Å². The van der Waals surface area contributed by atoms with Gasteiger partial charge < -0.3 is 9.64 Å². The first-order valence-corrected chi connectivity index (χ1v) is 8.89. The molecule has 1 aliphatic heterocycles. The summed E-state index contributed by atoms with van der Waals surface area (Å²) in [7, 11) is 1.37. The second-order valence-corrected chi connectivity index (χ2v) is 7.33. The van der Waals surface area contributed by atoms with Gasteiger partial charge >= 0.3 is 5.97 Å². The molecule has 1 aromatic carbocycles. The minimum Gasteiger partial charge on any atom is -0.464 e. The molecule has 3 heterocycles. The number of carbonyl (C=O) groups is 1. The molecule has 4 rings (SSSR count). The Kier molecular flexibility index (Phi) is 3.94. The summed E-state index contributed by atoms with van der Waals surface area (Å²) in [6, 6.07) is 14.7. The monoisotopic (exact) mass is 349 g/mol. The Labute approximate surface area is 153 Å². The molecule has 1 atom stereocenters. The summed E-state index contributed by atoms with van der Waals surface area (Å²) in [5, 5.41) is 4.39. The molecule has 0 saturated carbocycles. The van der Waals surface area contributed by atoms with Crippen LogP contribution in [-0.2, 0) is 10.2 Å². The van der Waals surface area contributed by atoms with Crippen LogP contribution in [0.15, 0.2) is 48.7 Å². The van der Waals surface area contributed by atoms with Crippen molar-refractivity contribution < 1.29 is 9.53 Å². The first kappa shape index (κ1) is 16.6. The maximum atomic E-state index is 11.8. The Hall–Kier alpha value is -2.82. The first-order valence-electron chi connectivity index (χ1n) is 8.89. The number of ether oxygens (including phenoxy) is 1. The maximum absolute atomic E-state index is 11.8. The summed E-state index contributed by atoms with van der Waals surface area (Å²) in [4.78, 5) is 14.2. The van der Waals surface area contributed by atoms with E-state index in [2.05, 4.69) is 53.3 Å². The number of anilines is 1. The van der Waals surface area contributed by atoms with Crippen LogP contribution >= 0.6 is 0 Å². The summed E-state index contributed by atoms with van der Waals surface area (Å²) < 4.78 is 6.57. The molecule has 0 unspecified atom stereocenters. The predicted molar refractivity (Wildman–Crippen MR) is 102 cm³/mol. The second-order valence-electron chi connectivity index (χ2n) is 7.33. The SMILES string of the molecule is COC(=O)c1cc2c(C)cc(N3CC[C@](C)(c4ccccc4)C3)cn2n1. The molecule has 0 spiro atoms. The van der Waals surface area contributed by atoms with E-state index in [4.69, 9.17) is 4.74 Å². The normalized spacial score (nSPS) is 19.9. The lowest BCUT2D eigenvalue weighted by Crippen LogP contribution is -2.28. The number of pyridine rings is 1. The Morgan fingerprint density at radius 1 is 1.23 bits per heavy atom. The molecule has 0 bridgehead atoms. The lowest BCUT2D eigenvalue weighted by molar-refractivity contribution is 0.0593. The van der Waals surface area contributed by atoms with Gasteiger partial charge in [0.25, 0.3) is 0 Å². The van der Waals surface area contributed by atoms with Gasteiger partial charge in [0.15, 0.2) is 5.69 Å². The molecule has 2 aromatic heterocycles. The fourth-order valence-electron chi connectivity index (χ4n) is 3.88. The zero-order valence-corrected chi connectivity index (χ0v) is 15.4. The van der Waals surface area contributed by atoms with Crippen LogP contribution in [0, 0.1) is 6.92 Å². The van der Waals surface area contributed by atoms with Gasteiger partial charge in [0.05, 0.1) is 24.5 Å². The van der Waals surface area contributed by atoms with Crippen LogP contribution in [0.5, 0.6) is 0 Å². The van der Waals surface area contributed by atoms with Crippen molar-refractivity contribution in [3.8, 4) is 0 Å². The number of fused-ring (bicyclic) bond motifs is 1. The molecule has 1 saturated heterocycles. The zero-order chi connectivity index (χ0) is 18.3. The van der Waals surface area contributed by atoms with E-state index in [1.807, 2.05) is 13.1 Å². The first-order chi connectivity index (χ1) is 12.5. The van der Waals surface area contributed by atoms with E-state index in [0.717, 1.165) is 36.3 Å². The van der Waals surface area contributed by atoms with Gasteiger partial charge in [-0.25, -0.2) is 9.31 Å². The van der Waals surface area contributed by atoms with Gasteiger partial charge in [-0.1, -0.05) is 37.3 Å². The van der Waals surface area contributed by atoms with Crippen LogP contribution in [-0.4, -0.2) is 35.8 Å². The number of methoxy groups -OCH3 is 1. The smallest absolute Gasteiger partial charge is 0.358 e. The van der Waals surface area contributed by atoms with Gasteiger partial charge in [0, 0.05) is 18.5 Å². The summed E-state index contributed by atoms with van der Waals surface area (Å²) in [6.07, 6.45) is 3.12. The minimum atomic E-state index is -0.410. The van der Waals surface area contributed by atoms with Crippen molar-refractivity contribution in [3.63, 3.8) is 0 Å². The van der Waals surface area contributed by atoms with E-state index in [0.29, 0.717) is 5.69 Å². The topological polar surface area (TPSA) is 46.8 Å². The molecule has 1 fully saturated rings. The summed E-state index contributed by atoms with van der Waals surface area (Å²) in [6.45, 7) is 6.35. The van der Waals surface area contributed by atoms with Gasteiger partial charge in [-0.05, 0) is 36.6 Å². The van der Waals surface area contributed by atoms with Gasteiger partial charge in [-0.15, -0.1) is 0 Å². The highest BCUT2D eigenvalue weighted by atomic mass is 16.5. The Morgan fingerprint density at radius 3 is 2.73 bits per heavy atom. The maximum Gasteiger partial charge on any atom is 0.358 e. The third kappa shape index (κ3) is 2.73. The standard InChI is InChI=1S/C21H23N3O2/c1-15-11-17(13-24-19(15)12-18(22-24)20(25)26-3)23-10-9-21(2,14-23)16-7-5-4-6-8-16/h4-8,11-13H,9-10,14H2,1-3H3/t21-/m0/s1. The highest BCUT2D eigenvalue weighted by Crippen LogP contribution is 2.36. The fraction of sp³-hybridized carbons (Fsp3) is 0.333. The van der Waals surface area contributed by atoms with Gasteiger partial charge in [0.1, 0.15) is 0 Å². The summed E-state index contributed by atoms with van der Waals surface area (Å²) in [5.74, 6) is -0.410. The van der Waals surface area contributed by atoms with E-state index < -0.39 is 5.97 Å². The Bertz CT molecular complexity index is 964. The third-order valence-electron chi connectivity index (χ3n) is 5.46. The van der Waals surface area contributed by atoms with E-state index in [1.165, 1.54) is 12.7 Å². The lowest BCUT2D eigenvalue weighted by atomic mass is 9.82. The largest absolute Gasteiger partial charge is 0.464 e. The molecule has 134 valence electrons. The van der Waals surface area contributed by atoms with Crippen LogP contribution in [0.3, 0.4) is 0 Å². The molecular formula is C21H23N3O2. The average Bonchev–Trinajstić information content (AvgIpc) is 3.27. The van der Waals surface area contributed by atoms with Crippen molar-refractivity contribution in [2.24, 2.45) is 0 Å². The van der Waals surface area contributed by atoms with Gasteiger partial charge in [0.2, 0.25) is 0 Å². The van der Waals surface area contributed by atoms with Crippen molar-refractivity contribution in [3.05, 3.63) is 65.5 Å². The number of hydrogen-bond acceptors (Lipinski definition) is 4. The molecular weight excluding hydrogens is 326 g/mol. The van der Waals surface area contributed by atoms with Crippen molar-refractivity contribution in [2.45, 2.75) is 25.7 Å². The molecule has 26 heavy (non-hydrogen) atoms.